The van der Waals surface area contributed by atoms with E-state index >= 15 is 0 Å². The Hall–Kier alpha value is -3.20. The van der Waals surface area contributed by atoms with E-state index in [9.17, 15) is 19.2 Å². The number of amides is 2. The topological polar surface area (TPSA) is 92.8 Å². The van der Waals surface area contributed by atoms with Crippen molar-refractivity contribution in [1.82, 2.24) is 0 Å². The minimum atomic E-state index is -0.659. The average Bonchev–Trinajstić information content (AvgIpc) is 3.26. The second kappa shape index (κ2) is 11.2. The van der Waals surface area contributed by atoms with Gasteiger partial charge in [0.25, 0.3) is 0 Å². The van der Waals surface area contributed by atoms with Crippen molar-refractivity contribution in [2.75, 3.05) is 23.4 Å². The molecule has 0 saturated carbocycles. The summed E-state index contributed by atoms with van der Waals surface area (Å²) in [6, 6.07) is 17.6. The summed E-state index contributed by atoms with van der Waals surface area (Å²) in [7, 11) is 0. The van der Waals surface area contributed by atoms with E-state index in [-0.39, 0.29) is 42.7 Å². The minimum Gasteiger partial charge on any atom is -0.454 e. The first-order valence-electron chi connectivity index (χ1n) is 10.8. The lowest BCUT2D eigenvalue weighted by atomic mass is 10.1. The van der Waals surface area contributed by atoms with Gasteiger partial charge in [0.05, 0.1) is 22.2 Å². The molecule has 1 heterocycles. The lowest BCUT2D eigenvalue weighted by molar-refractivity contribution is -0.122. The zero-order valence-electron chi connectivity index (χ0n) is 18.7. The molecule has 7 nitrogen and oxygen atoms in total. The van der Waals surface area contributed by atoms with E-state index in [1.54, 1.807) is 54.6 Å². The van der Waals surface area contributed by atoms with Crippen molar-refractivity contribution in [2.24, 2.45) is 5.92 Å². The minimum absolute atomic E-state index is 0.0332. The van der Waals surface area contributed by atoms with E-state index in [0.717, 1.165) is 4.47 Å². The van der Waals surface area contributed by atoms with Gasteiger partial charge in [0, 0.05) is 33.7 Å². The van der Waals surface area contributed by atoms with Gasteiger partial charge in [-0.15, -0.1) is 0 Å². The van der Waals surface area contributed by atoms with E-state index < -0.39 is 11.9 Å². The summed E-state index contributed by atoms with van der Waals surface area (Å²) < 4.78 is 5.95. The Labute approximate surface area is 225 Å². The third-order valence-electron chi connectivity index (χ3n) is 5.58. The van der Waals surface area contributed by atoms with Crippen molar-refractivity contribution in [3.05, 3.63) is 92.4 Å². The van der Waals surface area contributed by atoms with Gasteiger partial charge in [-0.1, -0.05) is 51.3 Å². The number of benzene rings is 3. The van der Waals surface area contributed by atoms with Crippen molar-refractivity contribution >= 4 is 74.1 Å². The van der Waals surface area contributed by atoms with E-state index in [1.165, 1.54) is 17.0 Å². The highest BCUT2D eigenvalue weighted by Gasteiger charge is 2.36. The largest absolute Gasteiger partial charge is 0.454 e. The van der Waals surface area contributed by atoms with E-state index in [0.29, 0.717) is 27.0 Å². The van der Waals surface area contributed by atoms with Crippen LogP contribution in [0, 0.1) is 5.92 Å². The first kappa shape index (κ1) is 25.9. The summed E-state index contributed by atoms with van der Waals surface area (Å²) in [4.78, 5) is 51.2. The zero-order chi connectivity index (χ0) is 25.8. The number of hydrogen-bond donors (Lipinski definition) is 1. The number of carbonyl (C=O) groups is 4. The number of Topliss-reactive ketones (excluding diaryl/α,β-unsaturated/α-hetero) is 1. The molecule has 10 heteroatoms. The first-order chi connectivity index (χ1) is 17.2. The number of ketones is 1. The van der Waals surface area contributed by atoms with Crippen LogP contribution in [0.2, 0.25) is 10.0 Å². The number of nitrogens with zero attached hydrogens (tertiary/aromatic N) is 1. The van der Waals surface area contributed by atoms with Crippen LogP contribution in [0.25, 0.3) is 0 Å². The van der Waals surface area contributed by atoms with Crippen molar-refractivity contribution in [2.45, 2.75) is 6.42 Å². The van der Waals surface area contributed by atoms with Crippen LogP contribution in [0.15, 0.2) is 71.2 Å². The summed E-state index contributed by atoms with van der Waals surface area (Å²) >= 11 is 15.5. The molecule has 1 saturated heterocycles. The third-order valence-corrected chi connectivity index (χ3v) is 6.67. The maximum Gasteiger partial charge on any atom is 0.338 e. The number of nitrogens with one attached hydrogen (secondary N) is 1. The van der Waals surface area contributed by atoms with Gasteiger partial charge in [-0.2, -0.15) is 0 Å². The summed E-state index contributed by atoms with van der Waals surface area (Å²) in [5.74, 6) is -2.12. The third kappa shape index (κ3) is 6.13. The molecule has 0 unspecified atom stereocenters. The van der Waals surface area contributed by atoms with Gasteiger partial charge in [0.2, 0.25) is 11.8 Å². The fourth-order valence-corrected chi connectivity index (χ4v) is 4.33. The van der Waals surface area contributed by atoms with Crippen LogP contribution in [0.1, 0.15) is 27.1 Å². The van der Waals surface area contributed by atoms with Gasteiger partial charge < -0.3 is 15.0 Å². The highest BCUT2D eigenvalue weighted by Crippen LogP contribution is 2.33. The van der Waals surface area contributed by atoms with Crippen LogP contribution in [0.4, 0.5) is 11.4 Å². The smallest absolute Gasteiger partial charge is 0.338 e. The van der Waals surface area contributed by atoms with E-state index in [4.69, 9.17) is 27.9 Å². The molecule has 184 valence electrons. The summed E-state index contributed by atoms with van der Waals surface area (Å²) in [5.41, 5.74) is 1.58. The number of rotatable bonds is 7. The Kier molecular flexibility index (Phi) is 8.08. The van der Waals surface area contributed by atoms with Gasteiger partial charge in [0.15, 0.2) is 12.4 Å². The van der Waals surface area contributed by atoms with E-state index in [1.807, 2.05) is 0 Å². The molecule has 36 heavy (non-hydrogen) atoms. The summed E-state index contributed by atoms with van der Waals surface area (Å²) in [5, 5.41) is 3.56. The SMILES string of the molecule is O=C(COC(=O)c1ccc(NC(=O)[C@@H]2CC(=O)N(c3cc(Cl)ccc3Cl)C2)cc1)c1ccc(Br)cc1. The fraction of sp³-hybridized carbons (Fsp3) is 0.154. The molecular weight excluding hydrogens is 571 g/mol. The normalized spacial score (nSPS) is 15.0. The molecule has 1 fully saturated rings. The molecule has 0 aromatic heterocycles. The molecule has 0 aliphatic carbocycles. The standard InChI is InChI=1S/C26H19BrCl2N2O5/c27-18-5-1-15(2-6-18)23(32)14-36-26(35)16-3-8-20(9-4-16)30-25(34)17-11-24(33)31(13-17)22-12-19(28)7-10-21(22)29/h1-10,12,17H,11,13-14H2,(H,30,34)/t17-/m1/s1. The quantitative estimate of drug-likeness (QED) is 0.278. The van der Waals surface area contributed by atoms with Crippen molar-refractivity contribution in [1.29, 1.82) is 0 Å². The van der Waals surface area contributed by atoms with Crippen LogP contribution in [-0.2, 0) is 14.3 Å². The molecule has 0 spiro atoms. The molecule has 3 aromatic carbocycles. The number of anilines is 2. The Morgan fingerprint density at radius 3 is 2.33 bits per heavy atom. The number of esters is 1. The molecule has 1 N–H and O–H groups in total. The number of hydrogen-bond acceptors (Lipinski definition) is 5. The highest BCUT2D eigenvalue weighted by atomic mass is 79.9. The first-order valence-corrected chi connectivity index (χ1v) is 12.4. The van der Waals surface area contributed by atoms with Crippen molar-refractivity contribution in [3.8, 4) is 0 Å². The van der Waals surface area contributed by atoms with Crippen LogP contribution in [-0.4, -0.2) is 36.7 Å². The maximum absolute atomic E-state index is 12.8. The Bertz CT molecular complexity index is 1330. The van der Waals surface area contributed by atoms with E-state index in [2.05, 4.69) is 21.2 Å². The number of carbonyl (C=O) groups excluding carboxylic acids is 4. The molecule has 3 aromatic rings. The van der Waals surface area contributed by atoms with Gasteiger partial charge in [0.1, 0.15) is 0 Å². The van der Waals surface area contributed by atoms with Crippen molar-refractivity contribution < 1.29 is 23.9 Å². The van der Waals surface area contributed by atoms with Crippen molar-refractivity contribution in [3.63, 3.8) is 0 Å². The van der Waals surface area contributed by atoms with Crippen LogP contribution in [0.5, 0.6) is 0 Å². The highest BCUT2D eigenvalue weighted by molar-refractivity contribution is 9.10. The second-order valence-electron chi connectivity index (χ2n) is 8.07. The predicted molar refractivity (Wildman–Crippen MR) is 141 cm³/mol. The Morgan fingerprint density at radius 2 is 1.64 bits per heavy atom. The predicted octanol–water partition coefficient (Wildman–Crippen LogP) is 5.79. The molecule has 0 radical (unpaired) electrons. The molecule has 1 aliphatic rings. The number of halogens is 3. The van der Waals surface area contributed by atoms with Gasteiger partial charge in [-0.25, -0.2) is 4.79 Å². The molecule has 4 rings (SSSR count). The molecular formula is C26H19BrCl2N2O5. The Balaban J connectivity index is 1.32. The van der Waals surface area contributed by atoms with Crippen LogP contribution in [0.3, 0.4) is 0 Å². The summed E-state index contributed by atoms with van der Waals surface area (Å²) in [6.07, 6.45) is 0.0332. The zero-order valence-corrected chi connectivity index (χ0v) is 21.8. The van der Waals surface area contributed by atoms with Crippen LogP contribution >= 0.6 is 39.1 Å². The van der Waals surface area contributed by atoms with Crippen LogP contribution < -0.4 is 10.2 Å². The maximum atomic E-state index is 12.8. The molecule has 1 aliphatic heterocycles. The molecule has 0 bridgehead atoms. The molecule has 2 amide bonds. The molecule has 1 atom stereocenters. The Morgan fingerprint density at radius 1 is 0.972 bits per heavy atom. The fourth-order valence-electron chi connectivity index (χ4n) is 3.68. The summed E-state index contributed by atoms with van der Waals surface area (Å²) in [6.45, 7) is -0.219. The average molecular weight is 590 g/mol. The lowest BCUT2D eigenvalue weighted by Crippen LogP contribution is -2.28. The number of ether oxygens (including phenoxy) is 1. The van der Waals surface area contributed by atoms with Gasteiger partial charge in [-0.3, -0.25) is 14.4 Å². The monoisotopic (exact) mass is 588 g/mol. The van der Waals surface area contributed by atoms with Gasteiger partial charge >= 0.3 is 5.97 Å². The lowest BCUT2D eigenvalue weighted by Gasteiger charge is -2.18. The second-order valence-corrected chi connectivity index (χ2v) is 9.83. The van der Waals surface area contributed by atoms with Gasteiger partial charge in [-0.05, 0) is 54.6 Å².